The van der Waals surface area contributed by atoms with Gasteiger partial charge in [-0.15, -0.1) is 0 Å². The number of hydrogen-bond acceptors (Lipinski definition) is 3. The fourth-order valence-corrected chi connectivity index (χ4v) is 2.67. The van der Waals surface area contributed by atoms with E-state index in [4.69, 9.17) is 5.73 Å². The second kappa shape index (κ2) is 6.73. The summed E-state index contributed by atoms with van der Waals surface area (Å²) in [6, 6.07) is 12.0. The van der Waals surface area contributed by atoms with Gasteiger partial charge in [0.25, 0.3) is 0 Å². The Balaban J connectivity index is 2.45. The largest absolute Gasteiger partial charge is 0.435 e. The minimum absolute atomic E-state index is 0.0910. The highest BCUT2D eigenvalue weighted by Crippen LogP contribution is 2.31. The number of halogens is 3. The minimum atomic E-state index is -2.88. The topological polar surface area (TPSA) is 55.5 Å². The van der Waals surface area contributed by atoms with E-state index < -0.39 is 12.2 Å². The third-order valence-electron chi connectivity index (χ3n) is 3.50. The monoisotopic (exact) mass is 371 g/mol. The Morgan fingerprint density at radius 1 is 1.23 bits per heavy atom. The van der Waals surface area contributed by atoms with Gasteiger partial charge in [-0.25, -0.2) is 0 Å². The molecule has 1 atom stereocenters. The van der Waals surface area contributed by atoms with Crippen LogP contribution in [0.3, 0.4) is 0 Å². The molecule has 1 unspecified atom stereocenters. The number of rotatable bonds is 5. The van der Waals surface area contributed by atoms with Crippen LogP contribution >= 0.6 is 15.9 Å². The Kier molecular flexibility index (Phi) is 5.16. The molecule has 0 aliphatic heterocycles. The van der Waals surface area contributed by atoms with Crippen LogP contribution in [0.5, 0.6) is 5.75 Å². The van der Waals surface area contributed by atoms with Crippen LogP contribution in [0, 0.1) is 6.92 Å². The van der Waals surface area contributed by atoms with Gasteiger partial charge in [0.05, 0.1) is 12.1 Å². The van der Waals surface area contributed by atoms with Gasteiger partial charge >= 0.3 is 6.61 Å². The number of ether oxygens (including phenoxy) is 1. The molecule has 0 aliphatic carbocycles. The van der Waals surface area contributed by atoms with Crippen molar-refractivity contribution >= 4 is 15.9 Å². The molecule has 0 heterocycles. The van der Waals surface area contributed by atoms with Gasteiger partial charge in [-0.05, 0) is 41.8 Å². The lowest BCUT2D eigenvalue weighted by Gasteiger charge is -2.29. The molecule has 0 aliphatic rings. The lowest BCUT2D eigenvalue weighted by Crippen LogP contribution is -2.41. The van der Waals surface area contributed by atoms with Gasteiger partial charge in [0, 0.05) is 4.47 Å². The Hall–Kier alpha value is -1.50. The van der Waals surface area contributed by atoms with Gasteiger partial charge in [-0.3, -0.25) is 0 Å². The SMILES string of the molecule is Cc1cc(C(N)(CO)c2cccc(Br)c2)ccc1OC(F)F. The molecule has 0 fully saturated rings. The smallest absolute Gasteiger partial charge is 0.387 e. The lowest BCUT2D eigenvalue weighted by molar-refractivity contribution is -0.0503. The predicted octanol–water partition coefficient (Wildman–Crippen LogP) is 3.55. The number of benzene rings is 2. The molecule has 0 saturated carbocycles. The zero-order chi connectivity index (χ0) is 16.3. The van der Waals surface area contributed by atoms with E-state index in [0.717, 1.165) is 4.47 Å². The van der Waals surface area contributed by atoms with E-state index >= 15 is 0 Å². The average Bonchev–Trinajstić information content (AvgIpc) is 2.48. The first-order valence-corrected chi connectivity index (χ1v) is 7.38. The van der Waals surface area contributed by atoms with Crippen LogP contribution in [0.2, 0.25) is 0 Å². The number of aryl methyl sites for hydroxylation is 1. The Bertz CT molecular complexity index is 666. The van der Waals surface area contributed by atoms with Gasteiger partial charge in [-0.1, -0.05) is 40.2 Å². The molecule has 3 N–H and O–H groups in total. The van der Waals surface area contributed by atoms with E-state index in [1.165, 1.54) is 6.07 Å². The molecular formula is C16H16BrF2NO2. The van der Waals surface area contributed by atoms with E-state index in [0.29, 0.717) is 16.7 Å². The van der Waals surface area contributed by atoms with Crippen molar-refractivity contribution in [2.45, 2.75) is 19.1 Å². The van der Waals surface area contributed by atoms with Gasteiger partial charge in [0.15, 0.2) is 0 Å². The summed E-state index contributed by atoms with van der Waals surface area (Å²) in [5.74, 6) is 0.0910. The van der Waals surface area contributed by atoms with E-state index in [2.05, 4.69) is 20.7 Å². The summed E-state index contributed by atoms with van der Waals surface area (Å²) in [5.41, 5.74) is 7.10. The molecule has 22 heavy (non-hydrogen) atoms. The number of nitrogens with two attached hydrogens (primary N) is 1. The summed E-state index contributed by atoms with van der Waals surface area (Å²) in [6.45, 7) is -1.55. The van der Waals surface area contributed by atoms with Gasteiger partial charge in [0.2, 0.25) is 0 Å². The fraction of sp³-hybridized carbons (Fsp3) is 0.250. The highest BCUT2D eigenvalue weighted by atomic mass is 79.9. The first kappa shape index (κ1) is 16.9. The molecule has 6 heteroatoms. The molecule has 0 spiro atoms. The average molecular weight is 372 g/mol. The second-order valence-electron chi connectivity index (χ2n) is 5.00. The zero-order valence-corrected chi connectivity index (χ0v) is 13.5. The van der Waals surface area contributed by atoms with Crippen LogP contribution in [0.1, 0.15) is 16.7 Å². The maximum atomic E-state index is 12.3. The first-order chi connectivity index (χ1) is 10.4. The molecule has 118 valence electrons. The van der Waals surface area contributed by atoms with Crippen molar-refractivity contribution in [3.05, 3.63) is 63.6 Å². The Morgan fingerprint density at radius 2 is 1.91 bits per heavy atom. The predicted molar refractivity (Wildman–Crippen MR) is 84.0 cm³/mol. The number of hydrogen-bond donors (Lipinski definition) is 2. The van der Waals surface area contributed by atoms with Crippen LogP contribution in [0.25, 0.3) is 0 Å². The quantitative estimate of drug-likeness (QED) is 0.844. The van der Waals surface area contributed by atoms with Crippen LogP contribution in [-0.2, 0) is 5.54 Å². The summed E-state index contributed by atoms with van der Waals surface area (Å²) in [7, 11) is 0. The fourth-order valence-electron chi connectivity index (χ4n) is 2.27. The molecule has 2 aromatic rings. The Morgan fingerprint density at radius 3 is 2.45 bits per heavy atom. The first-order valence-electron chi connectivity index (χ1n) is 6.58. The van der Waals surface area contributed by atoms with Crippen molar-refractivity contribution < 1.29 is 18.6 Å². The van der Waals surface area contributed by atoms with E-state index in [-0.39, 0.29) is 12.4 Å². The normalized spacial score (nSPS) is 14.0. The second-order valence-corrected chi connectivity index (χ2v) is 5.91. The zero-order valence-electron chi connectivity index (χ0n) is 11.9. The van der Waals surface area contributed by atoms with Crippen molar-refractivity contribution in [2.24, 2.45) is 5.73 Å². The van der Waals surface area contributed by atoms with Crippen LogP contribution < -0.4 is 10.5 Å². The summed E-state index contributed by atoms with van der Waals surface area (Å²) in [6.07, 6.45) is 0. The molecule has 0 radical (unpaired) electrons. The molecule has 0 aromatic heterocycles. The number of alkyl halides is 2. The molecule has 2 rings (SSSR count). The van der Waals surface area contributed by atoms with Crippen molar-refractivity contribution in [3.8, 4) is 5.75 Å². The van der Waals surface area contributed by atoms with Crippen LogP contribution in [0.4, 0.5) is 8.78 Å². The van der Waals surface area contributed by atoms with Crippen molar-refractivity contribution in [3.63, 3.8) is 0 Å². The highest BCUT2D eigenvalue weighted by Gasteiger charge is 2.29. The third-order valence-corrected chi connectivity index (χ3v) is 3.99. The van der Waals surface area contributed by atoms with Crippen LogP contribution in [0.15, 0.2) is 46.9 Å². The molecule has 0 bridgehead atoms. The summed E-state index contributed by atoms with van der Waals surface area (Å²) in [5, 5.41) is 9.80. The molecular weight excluding hydrogens is 356 g/mol. The van der Waals surface area contributed by atoms with Crippen molar-refractivity contribution in [1.82, 2.24) is 0 Å². The molecule has 2 aromatic carbocycles. The number of aliphatic hydroxyl groups excluding tert-OH is 1. The molecule has 3 nitrogen and oxygen atoms in total. The maximum Gasteiger partial charge on any atom is 0.387 e. The van der Waals surface area contributed by atoms with Crippen LogP contribution in [-0.4, -0.2) is 18.3 Å². The van der Waals surface area contributed by atoms with Gasteiger partial charge in [0.1, 0.15) is 5.75 Å². The van der Waals surface area contributed by atoms with Crippen molar-refractivity contribution in [2.75, 3.05) is 6.61 Å². The highest BCUT2D eigenvalue weighted by molar-refractivity contribution is 9.10. The number of aliphatic hydroxyl groups is 1. The summed E-state index contributed by atoms with van der Waals surface area (Å²) in [4.78, 5) is 0. The lowest BCUT2D eigenvalue weighted by atomic mass is 9.84. The summed E-state index contributed by atoms with van der Waals surface area (Å²) < 4.78 is 29.9. The van der Waals surface area contributed by atoms with Gasteiger partial charge < -0.3 is 15.6 Å². The van der Waals surface area contributed by atoms with Crippen molar-refractivity contribution in [1.29, 1.82) is 0 Å². The van der Waals surface area contributed by atoms with E-state index in [1.807, 2.05) is 18.2 Å². The molecule has 0 amide bonds. The standard InChI is InChI=1S/C16H16BrF2NO2/c1-10-7-12(5-6-14(10)22-15(18)19)16(20,9-21)11-3-2-4-13(17)8-11/h2-8,15,21H,9,20H2,1H3. The van der Waals surface area contributed by atoms with E-state index in [1.54, 1.807) is 25.1 Å². The summed E-state index contributed by atoms with van der Waals surface area (Å²) >= 11 is 3.37. The van der Waals surface area contributed by atoms with E-state index in [9.17, 15) is 13.9 Å². The molecule has 0 saturated heterocycles. The van der Waals surface area contributed by atoms with Gasteiger partial charge in [-0.2, -0.15) is 8.78 Å². The third kappa shape index (κ3) is 3.45. The minimum Gasteiger partial charge on any atom is -0.435 e. The Labute approximate surface area is 135 Å². The maximum absolute atomic E-state index is 12.3.